The first-order valence-electron chi connectivity index (χ1n) is 13.3. The number of rotatable bonds is 8. The minimum Gasteiger partial charge on any atom is -0.493 e. The van der Waals surface area contributed by atoms with Gasteiger partial charge in [0, 0.05) is 19.0 Å². The molecule has 1 saturated heterocycles. The fourth-order valence-electron chi connectivity index (χ4n) is 5.38. The summed E-state index contributed by atoms with van der Waals surface area (Å²) in [5.74, 6) is 3.71. The van der Waals surface area contributed by atoms with Crippen molar-refractivity contribution >= 4 is 11.0 Å². The van der Waals surface area contributed by atoms with Gasteiger partial charge in [-0.2, -0.15) is 0 Å². The van der Waals surface area contributed by atoms with E-state index in [1.54, 1.807) is 0 Å². The maximum Gasteiger partial charge on any atom is 0.283 e. The summed E-state index contributed by atoms with van der Waals surface area (Å²) in [6.07, 6.45) is 4.49. The van der Waals surface area contributed by atoms with Gasteiger partial charge in [-0.1, -0.05) is 25.1 Å². The quantitative estimate of drug-likeness (QED) is 0.359. The average molecular weight is 504 g/mol. The standard InChI is InChI=1S/C29H33N3O5/c1-2-28-30-31-29(37-28)27-16-23-25(6-3-7-26(23)36-27)35-18-22(33)17-32-12-10-19(11-13-32)20-8-9-24-21(15-20)5-4-14-34-24/h3,6-9,15-16,19,22,33H,2,4-5,10-14,17-18H2,1H3. The van der Waals surface area contributed by atoms with Crippen molar-refractivity contribution in [2.75, 3.05) is 32.8 Å². The normalized spacial score (nSPS) is 17.5. The highest BCUT2D eigenvalue weighted by atomic mass is 16.5. The number of hydrogen-bond donors (Lipinski definition) is 1. The summed E-state index contributed by atoms with van der Waals surface area (Å²) in [6.45, 7) is 5.54. The van der Waals surface area contributed by atoms with Crippen molar-refractivity contribution in [1.29, 1.82) is 0 Å². The molecule has 194 valence electrons. The number of aliphatic hydroxyl groups excluding tert-OH is 1. The number of fused-ring (bicyclic) bond motifs is 2. The first-order chi connectivity index (χ1) is 18.2. The van der Waals surface area contributed by atoms with E-state index in [1.165, 1.54) is 11.1 Å². The van der Waals surface area contributed by atoms with Gasteiger partial charge in [0.2, 0.25) is 5.89 Å². The van der Waals surface area contributed by atoms with Gasteiger partial charge in [0.15, 0.2) is 5.76 Å². The summed E-state index contributed by atoms with van der Waals surface area (Å²) in [6, 6.07) is 14.2. The highest BCUT2D eigenvalue weighted by Crippen LogP contribution is 2.34. The van der Waals surface area contributed by atoms with Crippen molar-refractivity contribution in [1.82, 2.24) is 15.1 Å². The van der Waals surface area contributed by atoms with Gasteiger partial charge in [-0.25, -0.2) is 0 Å². The van der Waals surface area contributed by atoms with Crippen molar-refractivity contribution in [2.24, 2.45) is 0 Å². The zero-order valence-electron chi connectivity index (χ0n) is 21.2. The Kier molecular flexibility index (Phi) is 6.85. The molecule has 2 aliphatic rings. The molecule has 37 heavy (non-hydrogen) atoms. The molecule has 1 fully saturated rings. The van der Waals surface area contributed by atoms with Gasteiger partial charge < -0.3 is 28.3 Å². The Morgan fingerprint density at radius 3 is 2.84 bits per heavy atom. The van der Waals surface area contributed by atoms with Crippen LogP contribution in [0.5, 0.6) is 11.5 Å². The number of piperidine rings is 1. The van der Waals surface area contributed by atoms with E-state index in [0.29, 0.717) is 47.8 Å². The lowest BCUT2D eigenvalue weighted by Crippen LogP contribution is -2.40. The number of aryl methyl sites for hydroxylation is 2. The molecule has 0 radical (unpaired) electrons. The molecule has 1 N–H and O–H groups in total. The van der Waals surface area contributed by atoms with Gasteiger partial charge in [0.1, 0.15) is 29.8 Å². The molecule has 2 aromatic carbocycles. The number of aliphatic hydroxyl groups is 1. The Morgan fingerprint density at radius 1 is 1.11 bits per heavy atom. The van der Waals surface area contributed by atoms with E-state index in [9.17, 15) is 5.11 Å². The van der Waals surface area contributed by atoms with Crippen LogP contribution in [-0.2, 0) is 12.8 Å². The Morgan fingerprint density at radius 2 is 2.00 bits per heavy atom. The molecule has 0 amide bonds. The fourth-order valence-corrected chi connectivity index (χ4v) is 5.38. The fraction of sp³-hybridized carbons (Fsp3) is 0.448. The number of β-amino-alcohol motifs (C(OH)–C–C–N with tert-alkyl or cyclic N) is 1. The van der Waals surface area contributed by atoms with Gasteiger partial charge in [0.25, 0.3) is 5.89 Å². The third kappa shape index (κ3) is 5.22. The molecule has 2 aromatic heterocycles. The predicted octanol–water partition coefficient (Wildman–Crippen LogP) is 4.99. The van der Waals surface area contributed by atoms with Crippen LogP contribution in [0.2, 0.25) is 0 Å². The van der Waals surface area contributed by atoms with Crippen molar-refractivity contribution < 1.29 is 23.4 Å². The molecule has 2 aliphatic heterocycles. The molecule has 8 heteroatoms. The molecule has 0 saturated carbocycles. The second-order valence-corrected chi connectivity index (χ2v) is 9.99. The molecule has 6 rings (SSSR count). The summed E-state index contributed by atoms with van der Waals surface area (Å²) >= 11 is 0. The second-order valence-electron chi connectivity index (χ2n) is 9.99. The Balaban J connectivity index is 1.03. The maximum absolute atomic E-state index is 10.7. The lowest BCUT2D eigenvalue weighted by molar-refractivity contribution is 0.0599. The van der Waals surface area contributed by atoms with Crippen LogP contribution in [0.15, 0.2) is 51.3 Å². The van der Waals surface area contributed by atoms with Crippen LogP contribution < -0.4 is 9.47 Å². The minimum atomic E-state index is -0.581. The first kappa shape index (κ1) is 24.0. The van der Waals surface area contributed by atoms with E-state index in [0.717, 1.165) is 56.5 Å². The minimum absolute atomic E-state index is 0.213. The van der Waals surface area contributed by atoms with E-state index in [2.05, 4.69) is 33.3 Å². The molecule has 1 atom stereocenters. The second kappa shape index (κ2) is 10.6. The Labute approximate surface area is 216 Å². The third-order valence-corrected chi connectivity index (χ3v) is 7.39. The van der Waals surface area contributed by atoms with Crippen LogP contribution in [0.4, 0.5) is 0 Å². The topological polar surface area (TPSA) is 94.0 Å². The number of likely N-dealkylation sites (tertiary alicyclic amines) is 1. The third-order valence-electron chi connectivity index (χ3n) is 7.39. The van der Waals surface area contributed by atoms with Gasteiger partial charge in [-0.05, 0) is 74.0 Å². The van der Waals surface area contributed by atoms with Crippen molar-refractivity contribution in [3.63, 3.8) is 0 Å². The molecule has 0 bridgehead atoms. The monoisotopic (exact) mass is 503 g/mol. The lowest BCUT2D eigenvalue weighted by Gasteiger charge is -2.33. The van der Waals surface area contributed by atoms with E-state index < -0.39 is 6.10 Å². The van der Waals surface area contributed by atoms with E-state index in [-0.39, 0.29) is 6.61 Å². The van der Waals surface area contributed by atoms with Crippen molar-refractivity contribution in [2.45, 2.75) is 51.0 Å². The van der Waals surface area contributed by atoms with Gasteiger partial charge in [0.05, 0.1) is 12.0 Å². The number of furan rings is 1. The highest BCUT2D eigenvalue weighted by molar-refractivity contribution is 5.87. The number of hydrogen-bond acceptors (Lipinski definition) is 8. The smallest absolute Gasteiger partial charge is 0.283 e. The number of benzene rings is 2. The molecule has 0 aliphatic carbocycles. The van der Waals surface area contributed by atoms with Gasteiger partial charge >= 0.3 is 0 Å². The summed E-state index contributed by atoms with van der Waals surface area (Å²) in [5.41, 5.74) is 3.45. The van der Waals surface area contributed by atoms with Crippen LogP contribution >= 0.6 is 0 Å². The summed E-state index contributed by atoms with van der Waals surface area (Å²) in [4.78, 5) is 2.34. The van der Waals surface area contributed by atoms with Crippen LogP contribution in [0.1, 0.15) is 49.1 Å². The molecule has 4 aromatic rings. The molecular weight excluding hydrogens is 470 g/mol. The summed E-state index contributed by atoms with van der Waals surface area (Å²) in [5, 5.41) is 19.6. The van der Waals surface area contributed by atoms with Crippen LogP contribution in [0.25, 0.3) is 22.6 Å². The van der Waals surface area contributed by atoms with Gasteiger partial charge in [-0.15, -0.1) is 10.2 Å². The number of ether oxygens (including phenoxy) is 2. The Hall–Kier alpha value is -3.36. The molecule has 4 heterocycles. The number of aromatic nitrogens is 2. The number of nitrogens with zero attached hydrogens (tertiary/aromatic N) is 3. The zero-order chi connectivity index (χ0) is 25.2. The van der Waals surface area contributed by atoms with Gasteiger partial charge in [-0.3, -0.25) is 0 Å². The molecular formula is C29H33N3O5. The highest BCUT2D eigenvalue weighted by Gasteiger charge is 2.24. The van der Waals surface area contributed by atoms with E-state index in [4.69, 9.17) is 18.3 Å². The average Bonchev–Trinajstić information content (AvgIpc) is 3.59. The first-order valence-corrected chi connectivity index (χ1v) is 13.3. The zero-order valence-corrected chi connectivity index (χ0v) is 21.2. The maximum atomic E-state index is 10.7. The van der Waals surface area contributed by atoms with Crippen molar-refractivity contribution in [3.8, 4) is 23.1 Å². The molecule has 8 nitrogen and oxygen atoms in total. The predicted molar refractivity (Wildman–Crippen MR) is 139 cm³/mol. The largest absolute Gasteiger partial charge is 0.493 e. The van der Waals surface area contributed by atoms with Crippen LogP contribution in [0.3, 0.4) is 0 Å². The van der Waals surface area contributed by atoms with E-state index in [1.807, 2.05) is 31.2 Å². The van der Waals surface area contributed by atoms with Crippen LogP contribution in [-0.4, -0.2) is 59.2 Å². The summed E-state index contributed by atoms with van der Waals surface area (Å²) in [7, 11) is 0. The molecule has 1 unspecified atom stereocenters. The van der Waals surface area contributed by atoms with Crippen LogP contribution in [0, 0.1) is 0 Å². The molecule has 0 spiro atoms. The van der Waals surface area contributed by atoms with Crippen molar-refractivity contribution in [3.05, 3.63) is 59.5 Å². The summed E-state index contributed by atoms with van der Waals surface area (Å²) < 4.78 is 23.3. The lowest BCUT2D eigenvalue weighted by atomic mass is 9.87. The Bertz CT molecular complexity index is 1350. The van der Waals surface area contributed by atoms with E-state index >= 15 is 0 Å². The SMILES string of the molecule is CCc1nnc(-c2cc3c(OCC(O)CN4CCC(c5ccc6c(c5)CCCO6)CC4)cccc3o2)o1.